The van der Waals surface area contributed by atoms with Gasteiger partial charge in [0.15, 0.2) is 0 Å². The smallest absolute Gasteiger partial charge is 0.327 e. The Labute approximate surface area is 193 Å². The zero-order valence-electron chi connectivity index (χ0n) is 18.9. The fraction of sp³-hybridized carbons (Fsp3) is 0.583. The molecule has 1 saturated carbocycles. The number of rotatable bonds is 7. The molecule has 3 heterocycles. The highest BCUT2D eigenvalue weighted by Crippen LogP contribution is 2.36. The maximum Gasteiger partial charge on any atom is 0.327 e. The molecule has 0 N–H and O–H groups in total. The highest BCUT2D eigenvalue weighted by Gasteiger charge is 2.48. The molecule has 3 atom stereocenters. The monoisotopic (exact) mass is 454 g/mol. The van der Waals surface area contributed by atoms with Crippen LogP contribution in [0.3, 0.4) is 0 Å². The molecule has 1 aliphatic carbocycles. The SMILES string of the molecule is CCOc1ccc(-c2noc(CN3C(=O)N(CC4CCCO4)C(=O)C4CCCCC43)n2)cc1. The van der Waals surface area contributed by atoms with E-state index in [0.29, 0.717) is 31.5 Å². The van der Waals surface area contributed by atoms with E-state index in [-0.39, 0.29) is 36.5 Å². The van der Waals surface area contributed by atoms with Crippen LogP contribution in [0.4, 0.5) is 4.79 Å². The third-order valence-corrected chi connectivity index (χ3v) is 6.80. The average molecular weight is 455 g/mol. The number of hydrogen-bond acceptors (Lipinski definition) is 7. The molecular formula is C24H30N4O5. The number of imide groups is 1. The van der Waals surface area contributed by atoms with E-state index < -0.39 is 0 Å². The molecule has 2 aliphatic heterocycles. The molecule has 3 unspecified atom stereocenters. The summed E-state index contributed by atoms with van der Waals surface area (Å²) in [6.07, 6.45) is 5.39. The van der Waals surface area contributed by atoms with Gasteiger partial charge < -0.3 is 18.9 Å². The zero-order valence-corrected chi connectivity index (χ0v) is 18.9. The van der Waals surface area contributed by atoms with Crippen LogP contribution in [0.1, 0.15) is 51.3 Å². The van der Waals surface area contributed by atoms with Crippen molar-refractivity contribution in [2.24, 2.45) is 5.92 Å². The Morgan fingerprint density at radius 3 is 2.67 bits per heavy atom. The van der Waals surface area contributed by atoms with Gasteiger partial charge in [0.1, 0.15) is 12.3 Å². The predicted molar refractivity (Wildman–Crippen MR) is 118 cm³/mol. The van der Waals surface area contributed by atoms with E-state index in [9.17, 15) is 9.59 Å². The summed E-state index contributed by atoms with van der Waals surface area (Å²) in [6.45, 7) is 3.74. The van der Waals surface area contributed by atoms with Crippen molar-refractivity contribution in [3.63, 3.8) is 0 Å². The Balaban J connectivity index is 1.34. The van der Waals surface area contributed by atoms with Crippen molar-refractivity contribution < 1.29 is 23.6 Å². The van der Waals surface area contributed by atoms with Crippen molar-refractivity contribution in [3.05, 3.63) is 30.2 Å². The fourth-order valence-electron chi connectivity index (χ4n) is 5.16. The number of ether oxygens (including phenoxy) is 2. The molecule has 0 radical (unpaired) electrons. The van der Waals surface area contributed by atoms with Crippen LogP contribution in [-0.4, -0.2) is 63.8 Å². The molecule has 0 bridgehead atoms. The first kappa shape index (κ1) is 21.9. The molecule has 3 amide bonds. The van der Waals surface area contributed by atoms with Crippen LogP contribution >= 0.6 is 0 Å². The summed E-state index contributed by atoms with van der Waals surface area (Å²) in [5, 5.41) is 4.11. The second kappa shape index (κ2) is 9.51. The molecule has 0 spiro atoms. The zero-order chi connectivity index (χ0) is 22.8. The molecule has 1 aromatic carbocycles. The fourth-order valence-corrected chi connectivity index (χ4v) is 5.16. The Bertz CT molecular complexity index is 985. The summed E-state index contributed by atoms with van der Waals surface area (Å²) >= 11 is 0. The maximum absolute atomic E-state index is 13.4. The minimum absolute atomic E-state index is 0.0583. The molecule has 33 heavy (non-hydrogen) atoms. The van der Waals surface area contributed by atoms with Crippen LogP contribution in [0.25, 0.3) is 11.4 Å². The molecule has 176 valence electrons. The molecular weight excluding hydrogens is 424 g/mol. The van der Waals surface area contributed by atoms with Crippen molar-refractivity contribution >= 4 is 11.9 Å². The summed E-state index contributed by atoms with van der Waals surface area (Å²) in [6, 6.07) is 7.09. The van der Waals surface area contributed by atoms with Gasteiger partial charge >= 0.3 is 6.03 Å². The van der Waals surface area contributed by atoms with Gasteiger partial charge in [-0.05, 0) is 56.9 Å². The van der Waals surface area contributed by atoms with Crippen LogP contribution in [-0.2, 0) is 16.1 Å². The molecule has 2 saturated heterocycles. The molecule has 9 nitrogen and oxygen atoms in total. The van der Waals surface area contributed by atoms with Gasteiger partial charge in [0, 0.05) is 18.2 Å². The van der Waals surface area contributed by atoms with E-state index in [0.717, 1.165) is 49.8 Å². The van der Waals surface area contributed by atoms with Crippen molar-refractivity contribution in [3.8, 4) is 17.1 Å². The minimum atomic E-state index is -0.278. The number of urea groups is 1. The quantitative estimate of drug-likeness (QED) is 0.630. The third kappa shape index (κ3) is 4.46. The normalized spacial score (nSPS) is 25.4. The summed E-state index contributed by atoms with van der Waals surface area (Å²) in [7, 11) is 0. The first-order valence-corrected chi connectivity index (χ1v) is 11.9. The second-order valence-electron chi connectivity index (χ2n) is 8.92. The Kier molecular flexibility index (Phi) is 6.30. The van der Waals surface area contributed by atoms with Gasteiger partial charge in [-0.2, -0.15) is 4.98 Å². The molecule has 3 aliphatic rings. The van der Waals surface area contributed by atoms with Crippen molar-refractivity contribution in [2.45, 2.75) is 64.1 Å². The number of nitrogens with zero attached hydrogens (tertiary/aromatic N) is 4. The molecule has 5 rings (SSSR count). The average Bonchev–Trinajstić information content (AvgIpc) is 3.53. The molecule has 1 aromatic heterocycles. The Hall–Kier alpha value is -2.94. The first-order valence-electron chi connectivity index (χ1n) is 11.9. The van der Waals surface area contributed by atoms with Crippen molar-refractivity contribution in [1.82, 2.24) is 19.9 Å². The van der Waals surface area contributed by atoms with Gasteiger partial charge in [0.25, 0.3) is 0 Å². The summed E-state index contributed by atoms with van der Waals surface area (Å²) < 4.78 is 16.7. The van der Waals surface area contributed by atoms with Crippen LogP contribution in [0.5, 0.6) is 5.75 Å². The number of benzene rings is 1. The lowest BCUT2D eigenvalue weighted by Crippen LogP contribution is -2.63. The number of amides is 3. The summed E-state index contributed by atoms with van der Waals surface area (Å²) in [5.74, 6) is 1.37. The predicted octanol–water partition coefficient (Wildman–Crippen LogP) is 3.64. The highest BCUT2D eigenvalue weighted by molar-refractivity contribution is 5.98. The highest BCUT2D eigenvalue weighted by atomic mass is 16.5. The van der Waals surface area contributed by atoms with Crippen LogP contribution in [0.2, 0.25) is 0 Å². The molecule has 3 fully saturated rings. The lowest BCUT2D eigenvalue weighted by molar-refractivity contribution is -0.142. The van der Waals surface area contributed by atoms with Crippen molar-refractivity contribution in [2.75, 3.05) is 19.8 Å². The summed E-state index contributed by atoms with van der Waals surface area (Å²) in [4.78, 5) is 34.3. The van der Waals surface area contributed by atoms with Crippen LogP contribution in [0.15, 0.2) is 28.8 Å². The van der Waals surface area contributed by atoms with Gasteiger partial charge in [-0.25, -0.2) is 4.79 Å². The summed E-state index contributed by atoms with van der Waals surface area (Å²) in [5.41, 5.74) is 0.809. The third-order valence-electron chi connectivity index (χ3n) is 6.80. The van der Waals surface area contributed by atoms with E-state index in [1.165, 1.54) is 4.90 Å². The molecule has 9 heteroatoms. The number of carbonyl (C=O) groups is 2. The second-order valence-corrected chi connectivity index (χ2v) is 8.92. The largest absolute Gasteiger partial charge is 0.494 e. The van der Waals surface area contributed by atoms with E-state index in [1.54, 1.807) is 4.90 Å². The van der Waals surface area contributed by atoms with E-state index in [2.05, 4.69) is 10.1 Å². The minimum Gasteiger partial charge on any atom is -0.494 e. The van der Waals surface area contributed by atoms with Gasteiger partial charge in [0.05, 0.1) is 25.2 Å². The van der Waals surface area contributed by atoms with Gasteiger partial charge in [0.2, 0.25) is 17.6 Å². The Morgan fingerprint density at radius 1 is 1.09 bits per heavy atom. The standard InChI is InChI=1S/C24H30N4O5/c1-2-31-17-11-9-16(10-12-17)22-25-21(33-26-22)15-27-20-8-4-3-7-19(20)23(29)28(24(27)30)14-18-6-5-13-32-18/h9-12,18-20H,2-8,13-15H2,1H3. The van der Waals surface area contributed by atoms with Crippen LogP contribution < -0.4 is 4.74 Å². The van der Waals surface area contributed by atoms with E-state index in [1.807, 2.05) is 31.2 Å². The van der Waals surface area contributed by atoms with Gasteiger partial charge in [-0.3, -0.25) is 9.69 Å². The maximum atomic E-state index is 13.4. The van der Waals surface area contributed by atoms with Crippen LogP contribution in [0, 0.1) is 5.92 Å². The topological polar surface area (TPSA) is 98.0 Å². The Morgan fingerprint density at radius 2 is 1.91 bits per heavy atom. The van der Waals surface area contributed by atoms with Gasteiger partial charge in [-0.1, -0.05) is 18.0 Å². The van der Waals surface area contributed by atoms with E-state index >= 15 is 0 Å². The van der Waals surface area contributed by atoms with E-state index in [4.69, 9.17) is 14.0 Å². The number of carbonyl (C=O) groups excluding carboxylic acids is 2. The number of hydrogen-bond donors (Lipinski definition) is 0. The lowest BCUT2D eigenvalue weighted by Gasteiger charge is -2.46. The number of aromatic nitrogens is 2. The number of fused-ring (bicyclic) bond motifs is 1. The first-order chi connectivity index (χ1) is 16.1. The van der Waals surface area contributed by atoms with Crippen molar-refractivity contribution in [1.29, 1.82) is 0 Å². The molecule has 2 aromatic rings. The van der Waals surface area contributed by atoms with Gasteiger partial charge in [-0.15, -0.1) is 0 Å². The lowest BCUT2D eigenvalue weighted by atomic mass is 9.81.